The van der Waals surface area contributed by atoms with Gasteiger partial charge in [0.2, 0.25) is 0 Å². The number of hydrogen-bond donors (Lipinski definition) is 1. The van der Waals surface area contributed by atoms with Gasteiger partial charge in [-0.25, -0.2) is 0 Å². The van der Waals surface area contributed by atoms with Crippen LogP contribution in [0.5, 0.6) is 0 Å². The van der Waals surface area contributed by atoms with Crippen LogP contribution in [-0.4, -0.2) is 36.6 Å². The molecule has 1 aliphatic carbocycles. The van der Waals surface area contributed by atoms with E-state index in [2.05, 4.69) is 36.2 Å². The Kier molecular flexibility index (Phi) is 5.05. The second-order valence-corrected chi connectivity index (χ2v) is 6.12. The van der Waals surface area contributed by atoms with Crippen LogP contribution >= 0.6 is 0 Å². The van der Waals surface area contributed by atoms with Crippen molar-refractivity contribution in [2.45, 2.75) is 58.0 Å². The summed E-state index contributed by atoms with van der Waals surface area (Å²) in [6.45, 7) is 8.49. The first-order valence-electron chi connectivity index (χ1n) is 7.37. The van der Waals surface area contributed by atoms with Gasteiger partial charge in [0, 0.05) is 18.6 Å². The lowest BCUT2D eigenvalue weighted by Crippen LogP contribution is -2.47. The minimum atomic E-state index is 0.752. The molecule has 1 aliphatic heterocycles. The fraction of sp³-hybridized carbons (Fsp3) is 0.867. The summed E-state index contributed by atoms with van der Waals surface area (Å²) in [6.07, 6.45) is 11.2. The van der Waals surface area contributed by atoms with Crippen molar-refractivity contribution >= 4 is 0 Å². The van der Waals surface area contributed by atoms with E-state index in [1.807, 2.05) is 0 Å². The summed E-state index contributed by atoms with van der Waals surface area (Å²) in [5.41, 5.74) is 0. The fourth-order valence-corrected chi connectivity index (χ4v) is 3.08. The molecule has 17 heavy (non-hydrogen) atoms. The molecule has 1 heterocycles. The highest BCUT2D eigenvalue weighted by atomic mass is 15.1. The maximum absolute atomic E-state index is 3.85. The average Bonchev–Trinajstić information content (AvgIpc) is 2.32. The van der Waals surface area contributed by atoms with Crippen LogP contribution in [0.3, 0.4) is 0 Å². The van der Waals surface area contributed by atoms with E-state index >= 15 is 0 Å². The Bertz CT molecular complexity index is 239. The summed E-state index contributed by atoms with van der Waals surface area (Å²) in [6, 6.07) is 1.52. The van der Waals surface area contributed by atoms with Gasteiger partial charge in [0.15, 0.2) is 0 Å². The van der Waals surface area contributed by atoms with E-state index in [1.165, 1.54) is 51.7 Å². The predicted molar refractivity (Wildman–Crippen MR) is 74.2 cm³/mol. The van der Waals surface area contributed by atoms with Gasteiger partial charge in [0.05, 0.1) is 0 Å². The molecule has 0 spiro atoms. The molecule has 98 valence electrons. The minimum Gasteiger partial charge on any atom is -0.311 e. The van der Waals surface area contributed by atoms with E-state index in [1.54, 1.807) is 0 Å². The molecule has 1 unspecified atom stereocenters. The molecule has 1 atom stereocenters. The molecule has 2 rings (SSSR count). The molecule has 2 heteroatoms. The molecule has 0 radical (unpaired) electrons. The summed E-state index contributed by atoms with van der Waals surface area (Å²) >= 11 is 0. The fourth-order valence-electron chi connectivity index (χ4n) is 3.08. The number of likely N-dealkylation sites (tertiary alicyclic amines) is 1. The number of hydrogen-bond acceptors (Lipinski definition) is 2. The number of rotatable bonds is 4. The molecule has 0 aromatic rings. The first-order valence-corrected chi connectivity index (χ1v) is 7.37. The van der Waals surface area contributed by atoms with Crippen LogP contribution < -0.4 is 5.32 Å². The molecule has 0 aromatic heterocycles. The van der Waals surface area contributed by atoms with Gasteiger partial charge < -0.3 is 10.2 Å². The third-order valence-corrected chi connectivity index (χ3v) is 3.95. The van der Waals surface area contributed by atoms with Crippen LogP contribution in [-0.2, 0) is 0 Å². The number of nitrogens with zero attached hydrogens (tertiary/aromatic N) is 1. The van der Waals surface area contributed by atoms with Crippen LogP contribution in [0.2, 0.25) is 0 Å². The Morgan fingerprint density at radius 3 is 2.47 bits per heavy atom. The van der Waals surface area contributed by atoms with E-state index in [9.17, 15) is 0 Å². The van der Waals surface area contributed by atoms with Gasteiger partial charge in [-0.3, -0.25) is 0 Å². The molecule has 0 bridgehead atoms. The maximum Gasteiger partial charge on any atom is 0.0107 e. The molecule has 0 aromatic carbocycles. The van der Waals surface area contributed by atoms with Crippen molar-refractivity contribution in [2.24, 2.45) is 5.92 Å². The largest absolute Gasteiger partial charge is 0.311 e. The standard InChI is InChI=1S/C15H28N2/c1-13(2)12-17-10-8-15(9-11-17)16-14-6-4-3-5-7-14/h3-4,13-16H,5-12H2,1-2H3. The number of piperidine rings is 1. The molecule has 1 fully saturated rings. The maximum atomic E-state index is 3.85. The summed E-state index contributed by atoms with van der Waals surface area (Å²) in [5, 5.41) is 3.85. The van der Waals surface area contributed by atoms with Crippen LogP contribution in [0.4, 0.5) is 0 Å². The monoisotopic (exact) mass is 236 g/mol. The first kappa shape index (κ1) is 13.1. The van der Waals surface area contributed by atoms with Crippen molar-refractivity contribution in [1.82, 2.24) is 10.2 Å². The normalized spacial score (nSPS) is 27.8. The van der Waals surface area contributed by atoms with Gasteiger partial charge in [0.25, 0.3) is 0 Å². The van der Waals surface area contributed by atoms with E-state index in [-0.39, 0.29) is 0 Å². The molecule has 2 nitrogen and oxygen atoms in total. The SMILES string of the molecule is CC(C)CN1CCC(NC2CC=CCC2)CC1. The third kappa shape index (κ3) is 4.44. The lowest BCUT2D eigenvalue weighted by Gasteiger charge is -2.35. The number of nitrogens with one attached hydrogen (secondary N) is 1. The van der Waals surface area contributed by atoms with Crippen LogP contribution in [0.25, 0.3) is 0 Å². The topological polar surface area (TPSA) is 15.3 Å². The minimum absolute atomic E-state index is 0.752. The Hall–Kier alpha value is -0.340. The quantitative estimate of drug-likeness (QED) is 0.755. The van der Waals surface area contributed by atoms with E-state index in [4.69, 9.17) is 0 Å². The highest BCUT2D eigenvalue weighted by Crippen LogP contribution is 2.16. The van der Waals surface area contributed by atoms with Gasteiger partial charge in [-0.05, 0) is 51.1 Å². The van der Waals surface area contributed by atoms with Crippen molar-refractivity contribution < 1.29 is 0 Å². The Morgan fingerprint density at radius 2 is 1.88 bits per heavy atom. The molecular weight excluding hydrogens is 208 g/mol. The molecule has 1 saturated heterocycles. The van der Waals surface area contributed by atoms with E-state index in [0.717, 1.165) is 18.0 Å². The Morgan fingerprint density at radius 1 is 1.12 bits per heavy atom. The van der Waals surface area contributed by atoms with Crippen molar-refractivity contribution in [3.05, 3.63) is 12.2 Å². The predicted octanol–water partition coefficient (Wildman–Crippen LogP) is 2.81. The van der Waals surface area contributed by atoms with Crippen LogP contribution in [0.15, 0.2) is 12.2 Å². The molecule has 1 N–H and O–H groups in total. The summed E-state index contributed by atoms with van der Waals surface area (Å²) in [7, 11) is 0. The van der Waals surface area contributed by atoms with Gasteiger partial charge in [-0.1, -0.05) is 26.0 Å². The summed E-state index contributed by atoms with van der Waals surface area (Å²) < 4.78 is 0. The van der Waals surface area contributed by atoms with E-state index < -0.39 is 0 Å². The van der Waals surface area contributed by atoms with Gasteiger partial charge in [-0.2, -0.15) is 0 Å². The van der Waals surface area contributed by atoms with Crippen molar-refractivity contribution in [2.75, 3.05) is 19.6 Å². The van der Waals surface area contributed by atoms with Crippen molar-refractivity contribution in [1.29, 1.82) is 0 Å². The Balaban J connectivity index is 1.66. The molecular formula is C15H28N2. The zero-order chi connectivity index (χ0) is 12.1. The zero-order valence-electron chi connectivity index (χ0n) is 11.5. The molecule has 0 amide bonds. The van der Waals surface area contributed by atoms with Crippen molar-refractivity contribution in [3.63, 3.8) is 0 Å². The lowest BCUT2D eigenvalue weighted by atomic mass is 9.97. The van der Waals surface area contributed by atoms with Crippen molar-refractivity contribution in [3.8, 4) is 0 Å². The highest BCUT2D eigenvalue weighted by Gasteiger charge is 2.21. The molecule has 0 saturated carbocycles. The second-order valence-electron chi connectivity index (χ2n) is 6.12. The lowest BCUT2D eigenvalue weighted by molar-refractivity contribution is 0.173. The average molecular weight is 236 g/mol. The summed E-state index contributed by atoms with van der Waals surface area (Å²) in [4.78, 5) is 2.63. The van der Waals surface area contributed by atoms with Gasteiger partial charge in [0.1, 0.15) is 0 Å². The smallest absolute Gasteiger partial charge is 0.0107 e. The highest BCUT2D eigenvalue weighted by molar-refractivity contribution is 4.94. The molecule has 2 aliphatic rings. The second kappa shape index (κ2) is 6.55. The van der Waals surface area contributed by atoms with Gasteiger partial charge >= 0.3 is 0 Å². The van der Waals surface area contributed by atoms with Gasteiger partial charge in [-0.15, -0.1) is 0 Å². The number of allylic oxidation sites excluding steroid dienone is 1. The first-order chi connectivity index (χ1) is 8.24. The zero-order valence-corrected chi connectivity index (χ0v) is 11.5. The van der Waals surface area contributed by atoms with E-state index in [0.29, 0.717) is 0 Å². The Labute approximate surface area is 106 Å². The van der Waals surface area contributed by atoms with Crippen LogP contribution in [0, 0.1) is 5.92 Å². The third-order valence-electron chi connectivity index (χ3n) is 3.95. The van der Waals surface area contributed by atoms with Crippen LogP contribution in [0.1, 0.15) is 46.0 Å². The summed E-state index contributed by atoms with van der Waals surface area (Å²) in [5.74, 6) is 0.808.